The van der Waals surface area contributed by atoms with Crippen LogP contribution < -0.4 is 5.32 Å². The second-order valence-electron chi connectivity index (χ2n) is 5.72. The van der Waals surface area contributed by atoms with E-state index in [4.69, 9.17) is 5.11 Å². The number of hydrogen-bond acceptors (Lipinski definition) is 4. The van der Waals surface area contributed by atoms with E-state index in [1.165, 1.54) is 5.56 Å². The Morgan fingerprint density at radius 1 is 1.24 bits per heavy atom. The summed E-state index contributed by atoms with van der Waals surface area (Å²) in [5, 5.41) is 12.4. The lowest BCUT2D eigenvalue weighted by Gasteiger charge is -2.35. The number of piperazine rings is 1. The summed E-state index contributed by atoms with van der Waals surface area (Å²) in [6, 6.07) is 5.98. The third kappa shape index (κ3) is 3.04. The Morgan fingerprint density at radius 3 is 2.81 bits per heavy atom. The predicted octanol–water partition coefficient (Wildman–Crippen LogP) is 0.795. The molecule has 5 heteroatoms. The van der Waals surface area contributed by atoms with Gasteiger partial charge in [-0.3, -0.25) is 9.69 Å². The molecule has 114 valence electrons. The van der Waals surface area contributed by atoms with Crippen molar-refractivity contribution in [2.24, 2.45) is 0 Å². The molecule has 5 nitrogen and oxygen atoms in total. The normalized spacial score (nSPS) is 19.0. The number of benzene rings is 1. The van der Waals surface area contributed by atoms with Crippen molar-refractivity contribution in [2.45, 2.75) is 12.8 Å². The minimum Gasteiger partial charge on any atom is -0.395 e. The minimum absolute atomic E-state index is 0.152. The van der Waals surface area contributed by atoms with Gasteiger partial charge in [-0.2, -0.15) is 0 Å². The highest BCUT2D eigenvalue weighted by Gasteiger charge is 2.25. The molecule has 0 radical (unpaired) electrons. The van der Waals surface area contributed by atoms with Gasteiger partial charge in [0.25, 0.3) is 5.91 Å². The second-order valence-corrected chi connectivity index (χ2v) is 5.72. The number of carbonyl (C=O) groups is 1. The Balaban J connectivity index is 1.72. The van der Waals surface area contributed by atoms with Crippen LogP contribution in [-0.4, -0.2) is 66.7 Å². The fourth-order valence-corrected chi connectivity index (χ4v) is 3.20. The zero-order valence-corrected chi connectivity index (χ0v) is 12.3. The summed E-state index contributed by atoms with van der Waals surface area (Å²) in [5.41, 5.74) is 3.15. The zero-order valence-electron chi connectivity index (χ0n) is 12.3. The van der Waals surface area contributed by atoms with Crippen LogP contribution in [0.5, 0.6) is 0 Å². The van der Waals surface area contributed by atoms with E-state index in [-0.39, 0.29) is 12.5 Å². The number of hydrogen-bond donors (Lipinski definition) is 2. The van der Waals surface area contributed by atoms with E-state index >= 15 is 0 Å². The van der Waals surface area contributed by atoms with Gasteiger partial charge in [-0.05, 0) is 30.5 Å². The monoisotopic (exact) mass is 289 g/mol. The van der Waals surface area contributed by atoms with Crippen LogP contribution in [0, 0.1) is 0 Å². The van der Waals surface area contributed by atoms with Gasteiger partial charge in [-0.25, -0.2) is 0 Å². The second kappa shape index (κ2) is 6.45. The first-order chi connectivity index (χ1) is 10.3. The predicted molar refractivity (Wildman–Crippen MR) is 82.7 cm³/mol. The Morgan fingerprint density at radius 2 is 2.05 bits per heavy atom. The lowest BCUT2D eigenvalue weighted by atomic mass is 9.96. The number of anilines is 1. The summed E-state index contributed by atoms with van der Waals surface area (Å²) < 4.78 is 0. The molecule has 0 atom stereocenters. The number of nitrogens with one attached hydrogen (secondary N) is 1. The van der Waals surface area contributed by atoms with Crippen molar-refractivity contribution in [3.8, 4) is 0 Å². The van der Waals surface area contributed by atoms with Crippen molar-refractivity contribution < 1.29 is 9.90 Å². The maximum absolute atomic E-state index is 12.8. The van der Waals surface area contributed by atoms with Gasteiger partial charge in [-0.15, -0.1) is 0 Å². The average Bonchev–Trinajstić information content (AvgIpc) is 2.55. The van der Waals surface area contributed by atoms with Crippen LogP contribution >= 0.6 is 0 Å². The van der Waals surface area contributed by atoms with Crippen LogP contribution in [-0.2, 0) is 6.42 Å². The summed E-state index contributed by atoms with van der Waals surface area (Å²) in [5.74, 6) is 0.152. The van der Waals surface area contributed by atoms with Crippen molar-refractivity contribution in [1.82, 2.24) is 9.80 Å². The van der Waals surface area contributed by atoms with Crippen molar-refractivity contribution in [1.29, 1.82) is 0 Å². The SMILES string of the molecule is O=C(c1cccc2c1CCCN2)N1CCN(CCO)CC1. The Kier molecular flexibility index (Phi) is 4.41. The van der Waals surface area contributed by atoms with E-state index in [9.17, 15) is 4.79 Å². The van der Waals surface area contributed by atoms with Gasteiger partial charge in [-0.1, -0.05) is 6.07 Å². The molecule has 3 rings (SSSR count). The van der Waals surface area contributed by atoms with E-state index in [2.05, 4.69) is 16.3 Å². The maximum Gasteiger partial charge on any atom is 0.254 e. The first-order valence-corrected chi connectivity index (χ1v) is 7.78. The topological polar surface area (TPSA) is 55.8 Å². The summed E-state index contributed by atoms with van der Waals surface area (Å²) in [4.78, 5) is 16.9. The summed E-state index contributed by atoms with van der Waals surface area (Å²) in [6.07, 6.45) is 2.07. The van der Waals surface area contributed by atoms with Gasteiger partial charge < -0.3 is 15.3 Å². The quantitative estimate of drug-likeness (QED) is 0.864. The molecule has 2 aliphatic rings. The Bertz CT molecular complexity index is 510. The highest BCUT2D eigenvalue weighted by molar-refractivity contribution is 5.97. The van der Waals surface area contributed by atoms with Crippen molar-refractivity contribution in [2.75, 3.05) is 51.2 Å². The molecule has 0 aliphatic carbocycles. The van der Waals surface area contributed by atoms with Gasteiger partial charge in [0, 0.05) is 50.5 Å². The summed E-state index contributed by atoms with van der Waals surface area (Å²) in [7, 11) is 0. The molecule has 0 bridgehead atoms. The maximum atomic E-state index is 12.8. The lowest BCUT2D eigenvalue weighted by Crippen LogP contribution is -2.49. The Labute approximate surface area is 125 Å². The molecule has 1 fully saturated rings. The van der Waals surface area contributed by atoms with Crippen LogP contribution in [0.4, 0.5) is 5.69 Å². The van der Waals surface area contributed by atoms with E-state index in [0.717, 1.165) is 56.8 Å². The van der Waals surface area contributed by atoms with Crippen LogP contribution in [0.3, 0.4) is 0 Å². The third-order valence-corrected chi connectivity index (χ3v) is 4.40. The molecule has 2 heterocycles. The van der Waals surface area contributed by atoms with E-state index in [1.807, 2.05) is 17.0 Å². The summed E-state index contributed by atoms with van der Waals surface area (Å²) >= 11 is 0. The molecule has 2 aliphatic heterocycles. The molecule has 2 N–H and O–H groups in total. The molecule has 1 aromatic carbocycles. The first kappa shape index (κ1) is 14.4. The first-order valence-electron chi connectivity index (χ1n) is 7.78. The van der Waals surface area contributed by atoms with E-state index in [1.54, 1.807) is 0 Å². The largest absolute Gasteiger partial charge is 0.395 e. The molecular formula is C16H23N3O2. The van der Waals surface area contributed by atoms with Crippen LogP contribution in [0.25, 0.3) is 0 Å². The number of amides is 1. The van der Waals surface area contributed by atoms with E-state index in [0.29, 0.717) is 6.54 Å². The van der Waals surface area contributed by atoms with Gasteiger partial charge in [0.1, 0.15) is 0 Å². The Hall–Kier alpha value is -1.59. The number of carbonyl (C=O) groups excluding carboxylic acids is 1. The molecule has 0 spiro atoms. The average molecular weight is 289 g/mol. The molecule has 0 saturated carbocycles. The van der Waals surface area contributed by atoms with Crippen LogP contribution in [0.1, 0.15) is 22.3 Å². The number of aliphatic hydroxyl groups is 1. The van der Waals surface area contributed by atoms with Gasteiger partial charge in [0.15, 0.2) is 0 Å². The van der Waals surface area contributed by atoms with Crippen molar-refractivity contribution in [3.05, 3.63) is 29.3 Å². The molecular weight excluding hydrogens is 266 g/mol. The fraction of sp³-hybridized carbons (Fsp3) is 0.562. The number of β-amino-alcohol motifs (C(OH)–C–C–N with tert-alkyl or cyclic N) is 1. The molecule has 21 heavy (non-hydrogen) atoms. The van der Waals surface area contributed by atoms with E-state index < -0.39 is 0 Å². The molecule has 1 saturated heterocycles. The smallest absolute Gasteiger partial charge is 0.254 e. The van der Waals surface area contributed by atoms with Crippen LogP contribution in [0.15, 0.2) is 18.2 Å². The van der Waals surface area contributed by atoms with Crippen molar-refractivity contribution in [3.63, 3.8) is 0 Å². The summed E-state index contributed by atoms with van der Waals surface area (Å²) in [6.45, 7) is 5.06. The number of nitrogens with zero attached hydrogens (tertiary/aromatic N) is 2. The standard InChI is InChI=1S/C16H23N3O2/c20-12-11-18-7-9-19(10-8-18)16(21)14-3-1-5-15-13(14)4-2-6-17-15/h1,3,5,17,20H,2,4,6-12H2. The number of fused-ring (bicyclic) bond motifs is 1. The van der Waals surface area contributed by atoms with Crippen molar-refractivity contribution >= 4 is 11.6 Å². The molecule has 0 aromatic heterocycles. The molecule has 1 amide bonds. The number of aliphatic hydroxyl groups excluding tert-OH is 1. The van der Waals surface area contributed by atoms with Gasteiger partial charge in [0.05, 0.1) is 6.61 Å². The van der Waals surface area contributed by atoms with Crippen LogP contribution in [0.2, 0.25) is 0 Å². The minimum atomic E-state index is 0.152. The fourth-order valence-electron chi connectivity index (χ4n) is 3.20. The molecule has 0 unspecified atom stereocenters. The third-order valence-electron chi connectivity index (χ3n) is 4.40. The highest BCUT2D eigenvalue weighted by Crippen LogP contribution is 2.26. The lowest BCUT2D eigenvalue weighted by molar-refractivity contribution is 0.0614. The zero-order chi connectivity index (χ0) is 14.7. The number of rotatable bonds is 3. The van der Waals surface area contributed by atoms with Gasteiger partial charge >= 0.3 is 0 Å². The highest BCUT2D eigenvalue weighted by atomic mass is 16.3. The molecule has 1 aromatic rings. The van der Waals surface area contributed by atoms with Gasteiger partial charge in [0.2, 0.25) is 0 Å².